The molecule has 1 saturated carbocycles. The van der Waals surface area contributed by atoms with Crippen molar-refractivity contribution in [2.24, 2.45) is 5.84 Å². The molecule has 1 aromatic rings. The lowest BCUT2D eigenvalue weighted by Gasteiger charge is -2.40. The van der Waals surface area contributed by atoms with Crippen LogP contribution in [0, 0.1) is 0 Å². The molecule has 0 aromatic carbocycles. The molecular formula is C11H18N4O2S2. The number of hydrogen-bond acceptors (Lipinski definition) is 6. The number of nitrogens with one attached hydrogen (secondary N) is 2. The summed E-state index contributed by atoms with van der Waals surface area (Å²) in [5.74, 6) is 5.55. The molecule has 4 N–H and O–H groups in total. The Kier molecular flexibility index (Phi) is 4.34. The van der Waals surface area contributed by atoms with Gasteiger partial charge in [-0.25, -0.2) is 24.0 Å². The van der Waals surface area contributed by atoms with E-state index in [9.17, 15) is 8.42 Å². The van der Waals surface area contributed by atoms with E-state index in [0.717, 1.165) is 12.8 Å². The molecule has 2 rings (SSSR count). The molecule has 0 radical (unpaired) electrons. The summed E-state index contributed by atoms with van der Waals surface area (Å²) in [5, 5.41) is 0. The number of sulfonamides is 1. The van der Waals surface area contributed by atoms with E-state index in [2.05, 4.69) is 15.1 Å². The number of rotatable bonds is 6. The number of hydrazine groups is 1. The lowest BCUT2D eigenvalue weighted by molar-refractivity contribution is 0.362. The van der Waals surface area contributed by atoms with Gasteiger partial charge in [0.25, 0.3) is 0 Å². The highest BCUT2D eigenvalue weighted by molar-refractivity contribution is 8.00. The van der Waals surface area contributed by atoms with E-state index in [1.165, 1.54) is 24.8 Å². The summed E-state index contributed by atoms with van der Waals surface area (Å²) in [6, 6.07) is 2.87. The molecule has 0 amide bonds. The fourth-order valence-electron chi connectivity index (χ4n) is 1.99. The Morgan fingerprint density at radius 2 is 2.26 bits per heavy atom. The van der Waals surface area contributed by atoms with E-state index in [0.29, 0.717) is 12.4 Å². The van der Waals surface area contributed by atoms with Gasteiger partial charge in [0.1, 0.15) is 5.82 Å². The second-order valence-electron chi connectivity index (χ2n) is 4.59. The van der Waals surface area contributed by atoms with E-state index >= 15 is 0 Å². The topological polar surface area (TPSA) is 97.1 Å². The van der Waals surface area contributed by atoms with E-state index in [-0.39, 0.29) is 9.64 Å². The van der Waals surface area contributed by atoms with Gasteiger partial charge in [-0.2, -0.15) is 11.8 Å². The van der Waals surface area contributed by atoms with Gasteiger partial charge in [0, 0.05) is 23.6 Å². The lowest BCUT2D eigenvalue weighted by Crippen LogP contribution is -2.45. The number of nitrogens with two attached hydrogens (primary N) is 1. The largest absolute Gasteiger partial charge is 0.308 e. The fourth-order valence-corrected chi connectivity index (χ4v) is 4.14. The summed E-state index contributed by atoms with van der Waals surface area (Å²) in [4.78, 5) is 4.06. The smallest absolute Gasteiger partial charge is 0.240 e. The van der Waals surface area contributed by atoms with Gasteiger partial charge in [0.2, 0.25) is 10.0 Å². The molecule has 1 aliphatic rings. The predicted octanol–water partition coefficient (Wildman–Crippen LogP) is 0.931. The van der Waals surface area contributed by atoms with Crippen molar-refractivity contribution in [1.82, 2.24) is 9.71 Å². The summed E-state index contributed by atoms with van der Waals surface area (Å²) in [7, 11) is -3.51. The van der Waals surface area contributed by atoms with Gasteiger partial charge in [-0.1, -0.05) is 6.42 Å². The minimum absolute atomic E-state index is 0.0645. The first-order valence-corrected chi connectivity index (χ1v) is 8.70. The normalized spacial score (nSPS) is 17.8. The summed E-state index contributed by atoms with van der Waals surface area (Å²) in [6.07, 6.45) is 6.72. The lowest BCUT2D eigenvalue weighted by atomic mass is 9.84. The summed E-state index contributed by atoms with van der Waals surface area (Å²) >= 11 is 1.73. The molecule has 19 heavy (non-hydrogen) atoms. The van der Waals surface area contributed by atoms with Crippen LogP contribution in [0.4, 0.5) is 5.82 Å². The van der Waals surface area contributed by atoms with E-state index < -0.39 is 10.0 Å². The van der Waals surface area contributed by atoms with Crippen LogP contribution >= 0.6 is 11.8 Å². The van der Waals surface area contributed by atoms with Crippen LogP contribution in [0.1, 0.15) is 19.3 Å². The highest BCUT2D eigenvalue weighted by Gasteiger charge is 2.37. The third kappa shape index (κ3) is 3.19. The average Bonchev–Trinajstić information content (AvgIpc) is 2.38. The number of pyridine rings is 1. The van der Waals surface area contributed by atoms with Crippen molar-refractivity contribution in [3.05, 3.63) is 18.3 Å². The molecule has 0 aliphatic heterocycles. The predicted molar refractivity (Wildman–Crippen MR) is 77.3 cm³/mol. The first kappa shape index (κ1) is 14.6. The van der Waals surface area contributed by atoms with Crippen LogP contribution < -0.4 is 16.0 Å². The number of hydrogen-bond donors (Lipinski definition) is 3. The van der Waals surface area contributed by atoms with Crippen molar-refractivity contribution in [1.29, 1.82) is 0 Å². The van der Waals surface area contributed by atoms with E-state index in [1.54, 1.807) is 11.8 Å². The Morgan fingerprint density at radius 3 is 2.79 bits per heavy atom. The Balaban J connectivity index is 2.09. The van der Waals surface area contributed by atoms with Crippen molar-refractivity contribution in [3.8, 4) is 0 Å². The molecule has 0 saturated heterocycles. The van der Waals surface area contributed by atoms with Gasteiger partial charge in [-0.15, -0.1) is 0 Å². The van der Waals surface area contributed by atoms with Crippen LogP contribution in [0.5, 0.6) is 0 Å². The number of thioether (sulfide) groups is 1. The minimum atomic E-state index is -3.51. The highest BCUT2D eigenvalue weighted by Crippen LogP contribution is 2.42. The van der Waals surface area contributed by atoms with Crippen LogP contribution in [0.2, 0.25) is 0 Å². The highest BCUT2D eigenvalue weighted by atomic mass is 32.2. The first-order chi connectivity index (χ1) is 9.01. The molecule has 0 atom stereocenters. The van der Waals surface area contributed by atoms with Crippen LogP contribution in [-0.4, -0.2) is 30.9 Å². The minimum Gasteiger partial charge on any atom is -0.308 e. The van der Waals surface area contributed by atoms with Crippen LogP contribution in [0.15, 0.2) is 23.2 Å². The number of aromatic nitrogens is 1. The van der Waals surface area contributed by atoms with Crippen molar-refractivity contribution in [3.63, 3.8) is 0 Å². The fraction of sp³-hybridized carbons (Fsp3) is 0.545. The van der Waals surface area contributed by atoms with Gasteiger partial charge >= 0.3 is 0 Å². The van der Waals surface area contributed by atoms with Crippen molar-refractivity contribution in [2.45, 2.75) is 28.9 Å². The van der Waals surface area contributed by atoms with Gasteiger partial charge in [0.05, 0.1) is 4.90 Å². The maximum Gasteiger partial charge on any atom is 0.240 e. The molecule has 0 bridgehead atoms. The first-order valence-electron chi connectivity index (χ1n) is 5.99. The third-order valence-electron chi connectivity index (χ3n) is 3.47. The quantitative estimate of drug-likeness (QED) is 0.534. The maximum atomic E-state index is 12.2. The second kappa shape index (κ2) is 5.66. The number of anilines is 1. The second-order valence-corrected chi connectivity index (χ2v) is 7.63. The maximum absolute atomic E-state index is 12.2. The molecule has 1 heterocycles. The standard InChI is InChI=1S/C11H18N4O2S2/c1-18-11(4-2-5-11)8-14-19(16,17)9-3-6-13-10(7-9)15-12/h3,6-7,14H,2,4-5,8,12H2,1H3,(H,13,15). The zero-order valence-corrected chi connectivity index (χ0v) is 12.4. The zero-order chi connectivity index (χ0) is 13.9. The molecule has 0 spiro atoms. The van der Waals surface area contributed by atoms with Crippen molar-refractivity contribution >= 4 is 27.6 Å². The Bertz CT molecular complexity index is 538. The van der Waals surface area contributed by atoms with E-state index in [1.807, 2.05) is 6.26 Å². The summed E-state index contributed by atoms with van der Waals surface area (Å²) < 4.78 is 27.1. The zero-order valence-electron chi connectivity index (χ0n) is 10.7. The monoisotopic (exact) mass is 302 g/mol. The molecule has 8 heteroatoms. The Hall–Kier alpha value is -0.830. The number of nitrogen functional groups attached to an aromatic ring is 1. The van der Waals surface area contributed by atoms with Crippen molar-refractivity contribution in [2.75, 3.05) is 18.2 Å². The van der Waals surface area contributed by atoms with Crippen molar-refractivity contribution < 1.29 is 8.42 Å². The molecule has 0 unspecified atom stereocenters. The third-order valence-corrected chi connectivity index (χ3v) is 6.29. The summed E-state index contributed by atoms with van der Waals surface area (Å²) in [6.45, 7) is 0.463. The number of nitrogens with zero attached hydrogens (tertiary/aromatic N) is 1. The molecular weight excluding hydrogens is 284 g/mol. The van der Waals surface area contributed by atoms with Crippen LogP contribution in [0.25, 0.3) is 0 Å². The van der Waals surface area contributed by atoms with Gasteiger partial charge in [0.15, 0.2) is 0 Å². The van der Waals surface area contributed by atoms with Crippen LogP contribution in [-0.2, 0) is 10.0 Å². The van der Waals surface area contributed by atoms with Gasteiger partial charge in [-0.3, -0.25) is 0 Å². The molecule has 1 aliphatic carbocycles. The Morgan fingerprint density at radius 1 is 1.53 bits per heavy atom. The molecule has 6 nitrogen and oxygen atoms in total. The molecule has 1 fully saturated rings. The SMILES string of the molecule is CSC1(CNS(=O)(=O)c2ccnc(NN)c2)CCC1. The average molecular weight is 302 g/mol. The molecule has 1 aromatic heterocycles. The van der Waals surface area contributed by atoms with Gasteiger partial charge in [-0.05, 0) is 25.2 Å². The summed E-state index contributed by atoms with van der Waals surface area (Å²) in [5.41, 5.74) is 2.34. The van der Waals surface area contributed by atoms with Gasteiger partial charge < -0.3 is 5.43 Å². The molecule has 106 valence electrons. The van der Waals surface area contributed by atoms with Crippen LogP contribution in [0.3, 0.4) is 0 Å². The van der Waals surface area contributed by atoms with E-state index in [4.69, 9.17) is 5.84 Å². The Labute approximate surface area is 117 Å².